The molecule has 0 spiro atoms. The molecule has 2 heterocycles. The third-order valence-corrected chi connectivity index (χ3v) is 6.26. The second kappa shape index (κ2) is 7.46. The minimum Gasteiger partial charge on any atom is -0.382 e. The summed E-state index contributed by atoms with van der Waals surface area (Å²) in [5.74, 6) is 0.394. The lowest BCUT2D eigenvalue weighted by atomic mass is 10.0. The number of aryl methyl sites for hydroxylation is 3. The zero-order chi connectivity index (χ0) is 19.0. The molecule has 27 heavy (non-hydrogen) atoms. The maximum atomic E-state index is 14.3. The molecule has 1 unspecified atom stereocenters. The van der Waals surface area contributed by atoms with E-state index in [1.54, 1.807) is 11.8 Å². The van der Waals surface area contributed by atoms with Crippen LogP contribution in [0.2, 0.25) is 0 Å². The Balaban J connectivity index is 1.79. The molecule has 0 fully saturated rings. The van der Waals surface area contributed by atoms with Gasteiger partial charge in [-0.3, -0.25) is 0 Å². The van der Waals surface area contributed by atoms with Crippen LogP contribution in [0.25, 0.3) is 11.2 Å². The van der Waals surface area contributed by atoms with Crippen molar-refractivity contribution in [1.82, 2.24) is 19.5 Å². The first kappa shape index (κ1) is 18.2. The summed E-state index contributed by atoms with van der Waals surface area (Å²) in [4.78, 5) is 14.3. The minimum absolute atomic E-state index is 0.394. The maximum absolute atomic E-state index is 14.3. The molecule has 7 heteroatoms. The molecular weight excluding hydrogens is 361 g/mol. The van der Waals surface area contributed by atoms with Crippen molar-refractivity contribution in [1.29, 1.82) is 0 Å². The number of unbranched alkanes of at least 4 members (excludes halogenated alkanes) is 1. The summed E-state index contributed by atoms with van der Waals surface area (Å²) in [6, 6.07) is 4.19. The van der Waals surface area contributed by atoms with Gasteiger partial charge in [-0.05, 0) is 48.4 Å². The molecule has 0 aliphatic heterocycles. The first-order chi connectivity index (χ1) is 13.1. The second-order valence-electron chi connectivity index (χ2n) is 6.95. The Labute approximate surface area is 162 Å². The van der Waals surface area contributed by atoms with E-state index in [9.17, 15) is 4.39 Å². The van der Waals surface area contributed by atoms with Crippen molar-refractivity contribution in [3.63, 3.8) is 0 Å². The van der Waals surface area contributed by atoms with Crippen LogP contribution in [-0.4, -0.2) is 19.5 Å². The van der Waals surface area contributed by atoms with Gasteiger partial charge in [0.1, 0.15) is 12.5 Å². The summed E-state index contributed by atoms with van der Waals surface area (Å²) in [7, 11) is 0. The lowest BCUT2D eigenvalue weighted by Crippen LogP contribution is -2.02. The summed E-state index contributed by atoms with van der Waals surface area (Å²) in [5.41, 5.74) is 10.7. The summed E-state index contributed by atoms with van der Waals surface area (Å²) in [6.45, 7) is 5.12. The number of alkyl halides is 1. The molecule has 142 valence electrons. The maximum Gasteiger partial charge on any atom is 0.175 e. The standard InChI is InChI=1S/C20H24FN5S/c1-3-5-8-26-19-17(18(22)23-11-24-19)25-20(26)27-16-10-14-13(6-7-15(14)21)9-12(16)4-2/h9-11,15H,3-8H2,1-2H3,(H2,22,23,24). The smallest absolute Gasteiger partial charge is 0.175 e. The number of hydrogen-bond acceptors (Lipinski definition) is 5. The number of fused-ring (bicyclic) bond motifs is 2. The third kappa shape index (κ3) is 3.29. The van der Waals surface area contributed by atoms with Crippen molar-refractivity contribution in [3.8, 4) is 0 Å². The molecule has 4 rings (SSSR count). The molecular formula is C20H24FN5S. The highest BCUT2D eigenvalue weighted by Gasteiger charge is 2.24. The number of halogens is 1. The molecule has 0 amide bonds. The molecule has 0 saturated carbocycles. The van der Waals surface area contributed by atoms with Gasteiger partial charge in [0, 0.05) is 11.4 Å². The van der Waals surface area contributed by atoms with Gasteiger partial charge in [0.2, 0.25) is 0 Å². The summed E-state index contributed by atoms with van der Waals surface area (Å²) in [6.07, 6.45) is 5.06. The topological polar surface area (TPSA) is 69.6 Å². The van der Waals surface area contributed by atoms with Gasteiger partial charge >= 0.3 is 0 Å². The van der Waals surface area contributed by atoms with Crippen molar-refractivity contribution in [3.05, 3.63) is 35.2 Å². The number of imidazole rings is 1. The van der Waals surface area contributed by atoms with Gasteiger partial charge in [-0.2, -0.15) is 0 Å². The van der Waals surface area contributed by atoms with Crippen molar-refractivity contribution in [2.24, 2.45) is 0 Å². The van der Waals surface area contributed by atoms with Crippen LogP contribution in [0.1, 0.15) is 56.0 Å². The zero-order valence-electron chi connectivity index (χ0n) is 15.7. The predicted molar refractivity (Wildman–Crippen MR) is 107 cm³/mol. The lowest BCUT2D eigenvalue weighted by Gasteiger charge is -2.13. The average molecular weight is 386 g/mol. The quantitative estimate of drug-likeness (QED) is 0.655. The molecule has 1 aliphatic carbocycles. The van der Waals surface area contributed by atoms with E-state index < -0.39 is 6.17 Å². The van der Waals surface area contributed by atoms with Crippen LogP contribution in [-0.2, 0) is 19.4 Å². The van der Waals surface area contributed by atoms with E-state index >= 15 is 0 Å². The SMILES string of the molecule is CCCCn1c(Sc2cc3c(cc2CC)CCC3F)nc2c(N)ncnc21. The Bertz CT molecular complexity index is 984. The van der Waals surface area contributed by atoms with E-state index in [4.69, 9.17) is 10.7 Å². The van der Waals surface area contributed by atoms with E-state index in [1.807, 2.05) is 6.07 Å². The number of aromatic nitrogens is 4. The molecule has 1 aromatic carbocycles. The van der Waals surface area contributed by atoms with E-state index in [2.05, 4.69) is 34.4 Å². The largest absolute Gasteiger partial charge is 0.382 e. The number of benzene rings is 1. The van der Waals surface area contributed by atoms with E-state index in [0.717, 1.165) is 59.1 Å². The van der Waals surface area contributed by atoms with Gasteiger partial charge in [-0.1, -0.05) is 38.1 Å². The highest BCUT2D eigenvalue weighted by molar-refractivity contribution is 7.99. The highest BCUT2D eigenvalue weighted by Crippen LogP contribution is 2.41. The number of nitrogens with zero attached hydrogens (tertiary/aromatic N) is 4. The molecule has 3 aromatic rings. The van der Waals surface area contributed by atoms with Gasteiger partial charge in [0.25, 0.3) is 0 Å². The van der Waals surface area contributed by atoms with Gasteiger partial charge in [0.15, 0.2) is 22.1 Å². The van der Waals surface area contributed by atoms with Gasteiger partial charge < -0.3 is 10.3 Å². The first-order valence-corrected chi connectivity index (χ1v) is 10.4. The molecule has 1 atom stereocenters. The molecule has 0 bridgehead atoms. The fraction of sp³-hybridized carbons (Fsp3) is 0.450. The first-order valence-electron chi connectivity index (χ1n) is 9.56. The Morgan fingerprint density at radius 1 is 1.30 bits per heavy atom. The van der Waals surface area contributed by atoms with Gasteiger partial charge in [-0.15, -0.1) is 0 Å². The minimum atomic E-state index is -0.856. The number of rotatable bonds is 6. The number of nitrogen functional groups attached to an aromatic ring is 1. The van der Waals surface area contributed by atoms with Crippen LogP contribution in [0.15, 0.2) is 28.5 Å². The van der Waals surface area contributed by atoms with E-state index in [0.29, 0.717) is 17.8 Å². The van der Waals surface area contributed by atoms with Crippen LogP contribution in [0.3, 0.4) is 0 Å². The average Bonchev–Trinajstić information content (AvgIpc) is 3.21. The summed E-state index contributed by atoms with van der Waals surface area (Å²) >= 11 is 1.58. The van der Waals surface area contributed by atoms with Crippen LogP contribution in [0.5, 0.6) is 0 Å². The van der Waals surface area contributed by atoms with Crippen molar-refractivity contribution in [2.45, 2.75) is 68.7 Å². The Morgan fingerprint density at radius 3 is 2.93 bits per heavy atom. The fourth-order valence-corrected chi connectivity index (χ4v) is 4.78. The number of hydrogen-bond donors (Lipinski definition) is 1. The summed E-state index contributed by atoms with van der Waals surface area (Å²) in [5, 5.41) is 0.841. The number of anilines is 1. The molecule has 5 nitrogen and oxygen atoms in total. The molecule has 0 radical (unpaired) electrons. The lowest BCUT2D eigenvalue weighted by molar-refractivity contribution is 0.343. The Hall–Kier alpha value is -2.15. The Morgan fingerprint density at radius 2 is 2.15 bits per heavy atom. The van der Waals surface area contributed by atoms with Crippen LogP contribution < -0.4 is 5.73 Å². The highest BCUT2D eigenvalue weighted by atomic mass is 32.2. The van der Waals surface area contributed by atoms with Gasteiger partial charge in [0.05, 0.1) is 0 Å². The number of nitrogens with two attached hydrogens (primary N) is 1. The Kier molecular flexibility index (Phi) is 5.04. The van der Waals surface area contributed by atoms with Crippen LogP contribution in [0, 0.1) is 0 Å². The van der Waals surface area contributed by atoms with Crippen LogP contribution in [0.4, 0.5) is 10.2 Å². The van der Waals surface area contributed by atoms with Crippen LogP contribution >= 0.6 is 11.8 Å². The normalized spacial score (nSPS) is 16.2. The fourth-order valence-electron chi connectivity index (χ4n) is 3.64. The van der Waals surface area contributed by atoms with Crippen molar-refractivity contribution in [2.75, 3.05) is 5.73 Å². The molecule has 1 aliphatic rings. The monoisotopic (exact) mass is 385 g/mol. The predicted octanol–water partition coefficient (Wildman–Crippen LogP) is 4.88. The van der Waals surface area contributed by atoms with Crippen molar-refractivity contribution >= 4 is 28.7 Å². The molecule has 0 saturated heterocycles. The van der Waals surface area contributed by atoms with Crippen molar-refractivity contribution < 1.29 is 4.39 Å². The summed E-state index contributed by atoms with van der Waals surface area (Å²) < 4.78 is 16.4. The van der Waals surface area contributed by atoms with E-state index in [1.165, 1.54) is 11.9 Å². The second-order valence-corrected chi connectivity index (χ2v) is 7.96. The van der Waals surface area contributed by atoms with Gasteiger partial charge in [-0.25, -0.2) is 19.3 Å². The molecule has 2 N–H and O–H groups in total. The molecule has 2 aromatic heterocycles. The zero-order valence-corrected chi connectivity index (χ0v) is 16.5. The van der Waals surface area contributed by atoms with E-state index in [-0.39, 0.29) is 0 Å². The third-order valence-electron chi connectivity index (χ3n) is 5.17.